The number of likely N-dealkylation sites (tertiary alicyclic amines) is 1. The van der Waals surface area contributed by atoms with E-state index in [1.807, 2.05) is 27.7 Å². The van der Waals surface area contributed by atoms with Gasteiger partial charge in [0.2, 0.25) is 0 Å². The fourth-order valence-electron chi connectivity index (χ4n) is 2.56. The van der Waals surface area contributed by atoms with Gasteiger partial charge in [-0.3, -0.25) is 0 Å². The van der Waals surface area contributed by atoms with Crippen molar-refractivity contribution >= 4 is 0 Å². The van der Waals surface area contributed by atoms with E-state index in [4.69, 9.17) is 4.74 Å². The molecule has 0 saturated carbocycles. The van der Waals surface area contributed by atoms with Gasteiger partial charge < -0.3 is 9.64 Å². The van der Waals surface area contributed by atoms with E-state index >= 15 is 0 Å². The Labute approximate surface area is 115 Å². The molecule has 18 heavy (non-hydrogen) atoms. The van der Waals surface area contributed by atoms with Crippen LogP contribution in [0.2, 0.25) is 0 Å². The average Bonchev–Trinajstić information content (AvgIpc) is 2.39. The van der Waals surface area contributed by atoms with Crippen LogP contribution in [0.5, 0.6) is 0 Å². The van der Waals surface area contributed by atoms with Crippen LogP contribution in [0.1, 0.15) is 54.4 Å². The zero-order valence-corrected chi connectivity index (χ0v) is 13.5. The number of rotatable bonds is 3. The van der Waals surface area contributed by atoms with Crippen LogP contribution in [-0.4, -0.2) is 37.7 Å². The lowest BCUT2D eigenvalue weighted by atomic mass is 9.86. The summed E-state index contributed by atoms with van der Waals surface area (Å²) >= 11 is 0. The molecule has 2 rings (SSSR count). The van der Waals surface area contributed by atoms with Gasteiger partial charge in [-0.25, -0.2) is 0 Å². The predicted molar refractivity (Wildman–Crippen MR) is 81.0 cm³/mol. The predicted octanol–water partition coefficient (Wildman–Crippen LogP) is 4.05. The van der Waals surface area contributed by atoms with E-state index in [9.17, 15) is 0 Å². The van der Waals surface area contributed by atoms with Gasteiger partial charge in [0.15, 0.2) is 0 Å². The minimum atomic E-state index is 0.839. The molecule has 110 valence electrons. The molecule has 0 amide bonds. The third-order valence-electron chi connectivity index (χ3n) is 3.80. The second kappa shape index (κ2) is 10.8. The highest BCUT2D eigenvalue weighted by molar-refractivity contribution is 4.77. The largest absolute Gasteiger partial charge is 0.381 e. The number of hydrogen-bond acceptors (Lipinski definition) is 2. The van der Waals surface area contributed by atoms with Crippen LogP contribution in [0, 0.1) is 17.8 Å². The summed E-state index contributed by atoms with van der Waals surface area (Å²) in [7, 11) is 0. The second-order valence-electron chi connectivity index (χ2n) is 5.29. The molecule has 0 aromatic rings. The molecule has 2 fully saturated rings. The van der Waals surface area contributed by atoms with Gasteiger partial charge in [0.1, 0.15) is 0 Å². The van der Waals surface area contributed by atoms with Gasteiger partial charge >= 0.3 is 0 Å². The molecule has 0 aliphatic carbocycles. The van der Waals surface area contributed by atoms with Crippen molar-refractivity contribution in [2.24, 2.45) is 17.8 Å². The maximum Gasteiger partial charge on any atom is 0.0528 e. The Kier molecular flexibility index (Phi) is 10.8. The van der Waals surface area contributed by atoms with Crippen LogP contribution in [0.25, 0.3) is 0 Å². The lowest BCUT2D eigenvalue weighted by Crippen LogP contribution is -2.43. The molecule has 2 heterocycles. The quantitative estimate of drug-likeness (QED) is 0.756. The Bertz CT molecular complexity index is 170. The third kappa shape index (κ3) is 6.19. The number of ether oxygens (including phenoxy) is 1. The Morgan fingerprint density at radius 2 is 1.50 bits per heavy atom. The van der Waals surface area contributed by atoms with E-state index in [1.165, 1.54) is 32.5 Å². The summed E-state index contributed by atoms with van der Waals surface area (Å²) in [6.45, 7) is 18.7. The lowest BCUT2D eigenvalue weighted by Gasteiger charge is -2.37. The van der Waals surface area contributed by atoms with Crippen molar-refractivity contribution in [2.75, 3.05) is 32.8 Å². The highest BCUT2D eigenvalue weighted by Crippen LogP contribution is 2.25. The normalized spacial score (nSPS) is 21.5. The van der Waals surface area contributed by atoms with Crippen molar-refractivity contribution < 1.29 is 4.74 Å². The molecular weight excluding hydrogens is 222 g/mol. The molecule has 2 saturated heterocycles. The van der Waals surface area contributed by atoms with Crippen molar-refractivity contribution in [1.29, 1.82) is 0 Å². The van der Waals surface area contributed by atoms with Gasteiger partial charge in [-0.15, -0.1) is 0 Å². The van der Waals surface area contributed by atoms with Gasteiger partial charge in [0.25, 0.3) is 0 Å². The summed E-state index contributed by atoms with van der Waals surface area (Å²) in [4.78, 5) is 2.63. The Balaban J connectivity index is 0.000000659. The van der Waals surface area contributed by atoms with Crippen molar-refractivity contribution in [2.45, 2.75) is 54.4 Å². The minimum Gasteiger partial charge on any atom is -0.381 e. The standard InChI is InChI=1S/C12H23NO.2C2H6/c1-10(2)12-3-5-13(6-4-12)7-11-8-14-9-11;2*1-2/h10-12H,3-9H2,1-2H3;2*1-2H3. The lowest BCUT2D eigenvalue weighted by molar-refractivity contribution is -0.0503. The van der Waals surface area contributed by atoms with E-state index in [0.717, 1.165) is 31.0 Å². The first kappa shape index (κ1) is 17.9. The summed E-state index contributed by atoms with van der Waals surface area (Å²) in [5.74, 6) is 2.69. The van der Waals surface area contributed by atoms with Gasteiger partial charge in [0.05, 0.1) is 13.2 Å². The molecule has 2 nitrogen and oxygen atoms in total. The molecule has 2 aliphatic rings. The fraction of sp³-hybridized carbons (Fsp3) is 1.00. The first-order chi connectivity index (χ1) is 8.75. The first-order valence-corrected chi connectivity index (χ1v) is 8.06. The fourth-order valence-corrected chi connectivity index (χ4v) is 2.56. The molecule has 0 spiro atoms. The van der Waals surface area contributed by atoms with E-state index in [2.05, 4.69) is 18.7 Å². The Hall–Kier alpha value is -0.0800. The molecule has 0 aromatic heterocycles. The van der Waals surface area contributed by atoms with Gasteiger partial charge in [-0.05, 0) is 37.8 Å². The number of hydrogen-bond donors (Lipinski definition) is 0. The van der Waals surface area contributed by atoms with Gasteiger partial charge in [-0.2, -0.15) is 0 Å². The minimum absolute atomic E-state index is 0.839. The molecular formula is C16H35NO. The summed E-state index contributed by atoms with van der Waals surface area (Å²) < 4.78 is 5.21. The number of piperidine rings is 1. The first-order valence-electron chi connectivity index (χ1n) is 8.06. The highest BCUT2D eigenvalue weighted by Gasteiger charge is 2.26. The Morgan fingerprint density at radius 3 is 1.83 bits per heavy atom. The summed E-state index contributed by atoms with van der Waals surface area (Å²) in [5.41, 5.74) is 0. The van der Waals surface area contributed by atoms with E-state index in [0.29, 0.717) is 0 Å². The molecule has 2 heteroatoms. The highest BCUT2D eigenvalue weighted by atomic mass is 16.5. The van der Waals surface area contributed by atoms with Crippen LogP contribution in [0.15, 0.2) is 0 Å². The van der Waals surface area contributed by atoms with Crippen LogP contribution in [-0.2, 0) is 4.74 Å². The van der Waals surface area contributed by atoms with Crippen molar-refractivity contribution in [3.8, 4) is 0 Å². The molecule has 0 radical (unpaired) electrons. The summed E-state index contributed by atoms with van der Waals surface area (Å²) in [6.07, 6.45) is 2.82. The molecule has 0 N–H and O–H groups in total. The molecule has 2 aliphatic heterocycles. The van der Waals surface area contributed by atoms with E-state index < -0.39 is 0 Å². The molecule has 0 bridgehead atoms. The van der Waals surface area contributed by atoms with Crippen molar-refractivity contribution in [3.05, 3.63) is 0 Å². The smallest absolute Gasteiger partial charge is 0.0528 e. The van der Waals surface area contributed by atoms with Crippen molar-refractivity contribution in [3.63, 3.8) is 0 Å². The van der Waals surface area contributed by atoms with Crippen LogP contribution < -0.4 is 0 Å². The Morgan fingerprint density at radius 1 is 1.00 bits per heavy atom. The average molecular weight is 257 g/mol. The van der Waals surface area contributed by atoms with E-state index in [1.54, 1.807) is 0 Å². The zero-order valence-electron chi connectivity index (χ0n) is 13.5. The second-order valence-corrected chi connectivity index (χ2v) is 5.29. The maximum atomic E-state index is 5.21. The van der Waals surface area contributed by atoms with Crippen LogP contribution >= 0.6 is 0 Å². The molecule has 0 aromatic carbocycles. The maximum absolute atomic E-state index is 5.21. The van der Waals surface area contributed by atoms with Crippen LogP contribution in [0.4, 0.5) is 0 Å². The van der Waals surface area contributed by atoms with E-state index in [-0.39, 0.29) is 0 Å². The zero-order chi connectivity index (χ0) is 14.0. The SMILES string of the molecule is CC.CC.CC(C)C1CCN(CC2COC2)CC1. The topological polar surface area (TPSA) is 12.5 Å². The van der Waals surface area contributed by atoms with Gasteiger partial charge in [0, 0.05) is 12.5 Å². The molecule has 0 atom stereocenters. The van der Waals surface area contributed by atoms with Crippen LogP contribution in [0.3, 0.4) is 0 Å². The molecule has 0 unspecified atom stereocenters. The monoisotopic (exact) mass is 257 g/mol. The summed E-state index contributed by atoms with van der Waals surface area (Å²) in [5, 5.41) is 0. The third-order valence-corrected chi connectivity index (χ3v) is 3.80. The summed E-state index contributed by atoms with van der Waals surface area (Å²) in [6, 6.07) is 0. The number of nitrogens with zero attached hydrogens (tertiary/aromatic N) is 1. The van der Waals surface area contributed by atoms with Crippen molar-refractivity contribution in [1.82, 2.24) is 4.90 Å². The van der Waals surface area contributed by atoms with Gasteiger partial charge in [-0.1, -0.05) is 41.5 Å².